The van der Waals surface area contributed by atoms with E-state index in [9.17, 15) is 9.90 Å². The van der Waals surface area contributed by atoms with Gasteiger partial charge in [-0.25, -0.2) is 0 Å². The number of aliphatic hydroxyl groups is 1. The first-order valence-corrected chi connectivity index (χ1v) is 9.10. The largest absolute Gasteiger partial charge is 0.391 e. The van der Waals surface area contributed by atoms with Crippen LogP contribution in [0.1, 0.15) is 48.5 Å². The minimum Gasteiger partial charge on any atom is -0.391 e. The summed E-state index contributed by atoms with van der Waals surface area (Å²) in [6.45, 7) is 5.91. The van der Waals surface area contributed by atoms with Crippen LogP contribution in [0.25, 0.3) is 0 Å². The number of amides is 1. The van der Waals surface area contributed by atoms with Crippen molar-refractivity contribution in [2.45, 2.75) is 44.8 Å². The fourth-order valence-electron chi connectivity index (χ4n) is 4.34. The standard InChI is InChI=1S/C20H30N2O2/c1-13(2)14-6-5-7-15(8-14)20(24)22-11-16-9-18(21(3)4)19(23)10-17(16)12-22/h5-8,13,16-19,23H,9-12H2,1-4H3/t16-,17+,18-,19-/m1/s1. The van der Waals surface area contributed by atoms with Crippen molar-refractivity contribution in [2.24, 2.45) is 11.8 Å². The zero-order chi connectivity index (χ0) is 17.4. The lowest BCUT2D eigenvalue weighted by molar-refractivity contribution is 0.00940. The molecule has 132 valence electrons. The summed E-state index contributed by atoms with van der Waals surface area (Å²) in [5.41, 5.74) is 2.00. The number of benzene rings is 1. The van der Waals surface area contributed by atoms with Gasteiger partial charge < -0.3 is 14.9 Å². The van der Waals surface area contributed by atoms with Crippen molar-refractivity contribution in [1.29, 1.82) is 0 Å². The number of rotatable bonds is 3. The molecule has 1 aromatic rings. The summed E-state index contributed by atoms with van der Waals surface area (Å²) in [6, 6.07) is 8.24. The average Bonchev–Trinajstić information content (AvgIpc) is 2.96. The summed E-state index contributed by atoms with van der Waals surface area (Å²) in [6.07, 6.45) is 1.51. The van der Waals surface area contributed by atoms with Gasteiger partial charge in [0.25, 0.3) is 5.91 Å². The molecule has 0 spiro atoms. The first kappa shape index (κ1) is 17.4. The van der Waals surface area contributed by atoms with Gasteiger partial charge in [-0.15, -0.1) is 0 Å². The number of aliphatic hydroxyl groups excluding tert-OH is 1. The number of carbonyl (C=O) groups is 1. The van der Waals surface area contributed by atoms with Gasteiger partial charge in [-0.3, -0.25) is 4.79 Å². The second-order valence-corrected chi connectivity index (χ2v) is 8.08. The van der Waals surface area contributed by atoms with Crippen LogP contribution in [0, 0.1) is 11.8 Å². The number of hydrogen-bond donors (Lipinski definition) is 1. The van der Waals surface area contributed by atoms with Crippen LogP contribution < -0.4 is 0 Å². The van der Waals surface area contributed by atoms with Crippen LogP contribution in [0.4, 0.5) is 0 Å². The number of hydrogen-bond acceptors (Lipinski definition) is 3. The Morgan fingerprint density at radius 1 is 1.21 bits per heavy atom. The van der Waals surface area contributed by atoms with E-state index in [1.165, 1.54) is 5.56 Å². The van der Waals surface area contributed by atoms with E-state index in [0.717, 1.165) is 31.5 Å². The maximum atomic E-state index is 12.9. The lowest BCUT2D eigenvalue weighted by atomic mass is 9.77. The van der Waals surface area contributed by atoms with E-state index in [4.69, 9.17) is 0 Å². The highest BCUT2D eigenvalue weighted by molar-refractivity contribution is 5.94. The molecule has 4 atom stereocenters. The van der Waals surface area contributed by atoms with Gasteiger partial charge in [-0.05, 0) is 62.4 Å². The molecular formula is C20H30N2O2. The topological polar surface area (TPSA) is 43.8 Å². The summed E-state index contributed by atoms with van der Waals surface area (Å²) in [7, 11) is 4.06. The van der Waals surface area contributed by atoms with Crippen molar-refractivity contribution in [2.75, 3.05) is 27.2 Å². The molecule has 3 rings (SSSR count). The summed E-state index contributed by atoms with van der Waals surface area (Å²) in [5, 5.41) is 10.4. The smallest absolute Gasteiger partial charge is 0.253 e. The zero-order valence-corrected chi connectivity index (χ0v) is 15.3. The van der Waals surface area contributed by atoms with Gasteiger partial charge in [0, 0.05) is 24.7 Å². The molecule has 4 heteroatoms. The second-order valence-electron chi connectivity index (χ2n) is 8.08. The molecule has 0 bridgehead atoms. The van der Waals surface area contributed by atoms with Crippen molar-refractivity contribution in [3.8, 4) is 0 Å². The molecule has 24 heavy (non-hydrogen) atoms. The van der Waals surface area contributed by atoms with E-state index >= 15 is 0 Å². The lowest BCUT2D eigenvalue weighted by Gasteiger charge is -2.38. The van der Waals surface area contributed by atoms with E-state index < -0.39 is 0 Å². The highest BCUT2D eigenvalue weighted by Crippen LogP contribution is 2.38. The second kappa shape index (κ2) is 6.85. The SMILES string of the molecule is CC(C)c1cccc(C(=O)N2C[C@H]3C[C@@H](N(C)C)[C@H](O)C[C@H]3C2)c1. The Labute approximate surface area is 145 Å². The minimum absolute atomic E-state index is 0.141. The van der Waals surface area contributed by atoms with Crippen LogP contribution in [-0.4, -0.2) is 60.1 Å². The molecule has 0 unspecified atom stereocenters. The average molecular weight is 330 g/mol. The first-order valence-electron chi connectivity index (χ1n) is 9.10. The normalized spacial score (nSPS) is 30.0. The van der Waals surface area contributed by atoms with Gasteiger partial charge in [-0.2, -0.15) is 0 Å². The van der Waals surface area contributed by atoms with Gasteiger partial charge in [0.2, 0.25) is 0 Å². The molecular weight excluding hydrogens is 300 g/mol. The van der Waals surface area contributed by atoms with Gasteiger partial charge >= 0.3 is 0 Å². The van der Waals surface area contributed by atoms with Gasteiger partial charge in [-0.1, -0.05) is 26.0 Å². The molecule has 4 nitrogen and oxygen atoms in total. The Morgan fingerprint density at radius 3 is 2.50 bits per heavy atom. The number of likely N-dealkylation sites (N-methyl/N-ethyl adjacent to an activating group) is 1. The van der Waals surface area contributed by atoms with E-state index in [-0.39, 0.29) is 18.1 Å². The molecule has 1 saturated carbocycles. The summed E-state index contributed by atoms with van der Waals surface area (Å²) in [4.78, 5) is 17.0. The number of likely N-dealkylation sites (tertiary alicyclic amines) is 1. The van der Waals surface area contributed by atoms with Crippen LogP contribution in [0.2, 0.25) is 0 Å². The Hall–Kier alpha value is -1.39. The minimum atomic E-state index is -0.277. The molecule has 2 aliphatic rings. The van der Waals surface area contributed by atoms with Gasteiger partial charge in [0.1, 0.15) is 0 Å². The third-order valence-electron chi connectivity index (χ3n) is 5.86. The van der Waals surface area contributed by atoms with Gasteiger partial charge in [0.05, 0.1) is 6.10 Å². The quantitative estimate of drug-likeness (QED) is 0.926. The van der Waals surface area contributed by atoms with E-state index in [1.807, 2.05) is 37.2 Å². The van der Waals surface area contributed by atoms with Crippen LogP contribution in [0.5, 0.6) is 0 Å². The monoisotopic (exact) mass is 330 g/mol. The zero-order valence-electron chi connectivity index (χ0n) is 15.3. The Morgan fingerprint density at radius 2 is 1.88 bits per heavy atom. The van der Waals surface area contributed by atoms with Crippen molar-refractivity contribution in [3.63, 3.8) is 0 Å². The summed E-state index contributed by atoms with van der Waals surface area (Å²) >= 11 is 0. The van der Waals surface area contributed by atoms with Crippen molar-refractivity contribution >= 4 is 5.91 Å². The third kappa shape index (κ3) is 3.35. The molecule has 0 aromatic heterocycles. The van der Waals surface area contributed by atoms with Crippen LogP contribution in [0.15, 0.2) is 24.3 Å². The van der Waals surface area contributed by atoms with Crippen LogP contribution in [-0.2, 0) is 0 Å². The van der Waals surface area contributed by atoms with Crippen molar-refractivity contribution in [1.82, 2.24) is 9.80 Å². The maximum absolute atomic E-state index is 12.9. The number of carbonyl (C=O) groups excluding carboxylic acids is 1. The molecule has 1 amide bonds. The molecule has 1 aliphatic heterocycles. The predicted molar refractivity (Wildman–Crippen MR) is 96.1 cm³/mol. The van der Waals surface area contributed by atoms with Crippen LogP contribution in [0.3, 0.4) is 0 Å². The first-order chi connectivity index (χ1) is 11.4. The van der Waals surface area contributed by atoms with Gasteiger partial charge in [0.15, 0.2) is 0 Å². The molecule has 1 aliphatic carbocycles. The highest BCUT2D eigenvalue weighted by atomic mass is 16.3. The fourth-order valence-corrected chi connectivity index (χ4v) is 4.34. The third-order valence-corrected chi connectivity index (χ3v) is 5.86. The van der Waals surface area contributed by atoms with Crippen molar-refractivity contribution < 1.29 is 9.90 Å². The molecule has 1 aromatic carbocycles. The van der Waals surface area contributed by atoms with E-state index in [0.29, 0.717) is 17.8 Å². The number of fused-ring (bicyclic) bond motifs is 1. The summed E-state index contributed by atoms with van der Waals surface area (Å²) < 4.78 is 0. The predicted octanol–water partition coefficient (Wildman–Crippen LogP) is 2.58. The molecule has 1 saturated heterocycles. The number of nitrogens with zero attached hydrogens (tertiary/aromatic N) is 2. The molecule has 1 heterocycles. The Kier molecular flexibility index (Phi) is 4.97. The Balaban J connectivity index is 1.71. The summed E-state index contributed by atoms with van der Waals surface area (Å²) in [5.74, 6) is 1.52. The molecule has 1 N–H and O–H groups in total. The highest BCUT2D eigenvalue weighted by Gasteiger charge is 2.43. The van der Waals surface area contributed by atoms with E-state index in [1.54, 1.807) is 0 Å². The lowest BCUT2D eigenvalue weighted by Crippen LogP contribution is -2.46. The van der Waals surface area contributed by atoms with Crippen molar-refractivity contribution in [3.05, 3.63) is 35.4 Å². The van der Waals surface area contributed by atoms with Crippen LogP contribution >= 0.6 is 0 Å². The fraction of sp³-hybridized carbons (Fsp3) is 0.650. The Bertz CT molecular complexity index is 599. The molecule has 2 fully saturated rings. The maximum Gasteiger partial charge on any atom is 0.253 e. The van der Waals surface area contributed by atoms with E-state index in [2.05, 4.69) is 24.8 Å². The molecule has 0 radical (unpaired) electrons.